The average molecular weight is 267 g/mol. The van der Waals surface area contributed by atoms with Gasteiger partial charge in [0.1, 0.15) is 5.01 Å². The topological polar surface area (TPSA) is 28.2 Å². The highest BCUT2D eigenvalue weighted by atomic mass is 32.1. The minimum absolute atomic E-state index is 0.874. The van der Waals surface area contributed by atoms with Crippen molar-refractivity contribution in [2.24, 2.45) is 5.92 Å². The Hall–Kier alpha value is -0.450. The third kappa shape index (κ3) is 4.34. The molecule has 3 nitrogen and oxygen atoms in total. The van der Waals surface area contributed by atoms with Crippen molar-refractivity contribution in [1.82, 2.24) is 15.2 Å². The van der Waals surface area contributed by atoms with E-state index in [1.165, 1.54) is 50.4 Å². The van der Waals surface area contributed by atoms with Crippen LogP contribution in [0.1, 0.15) is 36.9 Å². The predicted octanol–water partition coefficient (Wildman–Crippen LogP) is 2.66. The van der Waals surface area contributed by atoms with E-state index in [0.29, 0.717) is 0 Å². The lowest BCUT2D eigenvalue weighted by Crippen LogP contribution is -2.36. The molecule has 102 valence electrons. The molecular weight excluding hydrogens is 242 g/mol. The molecule has 18 heavy (non-hydrogen) atoms. The van der Waals surface area contributed by atoms with Gasteiger partial charge in [0.05, 0.1) is 6.54 Å². The quantitative estimate of drug-likeness (QED) is 0.859. The SMILES string of the molecule is CCCN(Cc1nc(C)cs1)CC1CCNCC1. The second-order valence-electron chi connectivity index (χ2n) is 5.31. The molecule has 1 aliphatic rings. The molecule has 0 radical (unpaired) electrons. The molecule has 0 saturated carbocycles. The predicted molar refractivity (Wildman–Crippen MR) is 78.0 cm³/mol. The minimum atomic E-state index is 0.874. The number of hydrogen-bond donors (Lipinski definition) is 1. The summed E-state index contributed by atoms with van der Waals surface area (Å²) in [6.45, 7) is 10.2. The van der Waals surface area contributed by atoms with E-state index in [1.807, 2.05) is 0 Å². The molecule has 0 aliphatic carbocycles. The molecule has 0 aromatic carbocycles. The monoisotopic (exact) mass is 267 g/mol. The summed E-state index contributed by atoms with van der Waals surface area (Å²) >= 11 is 1.80. The summed E-state index contributed by atoms with van der Waals surface area (Å²) < 4.78 is 0. The fraction of sp³-hybridized carbons (Fsp3) is 0.786. The highest BCUT2D eigenvalue weighted by Crippen LogP contribution is 2.17. The fourth-order valence-electron chi connectivity index (χ4n) is 2.65. The van der Waals surface area contributed by atoms with Crippen molar-refractivity contribution in [3.63, 3.8) is 0 Å². The standard InChI is InChI=1S/C14H25N3S/c1-3-8-17(9-13-4-6-15-7-5-13)10-14-16-12(2)11-18-14/h11,13,15H,3-10H2,1-2H3. The first kappa shape index (κ1) is 14.0. The van der Waals surface area contributed by atoms with Gasteiger partial charge in [0, 0.05) is 17.6 Å². The minimum Gasteiger partial charge on any atom is -0.317 e. The number of thiazole rings is 1. The molecule has 0 atom stereocenters. The van der Waals surface area contributed by atoms with Crippen LogP contribution in [0.5, 0.6) is 0 Å². The number of hydrogen-bond acceptors (Lipinski definition) is 4. The van der Waals surface area contributed by atoms with E-state index < -0.39 is 0 Å². The summed E-state index contributed by atoms with van der Waals surface area (Å²) in [5, 5.41) is 6.87. The van der Waals surface area contributed by atoms with Crippen molar-refractivity contribution >= 4 is 11.3 Å². The Labute approximate surface area is 115 Å². The van der Waals surface area contributed by atoms with Gasteiger partial charge in [-0.05, 0) is 51.7 Å². The first-order valence-electron chi connectivity index (χ1n) is 7.12. The van der Waals surface area contributed by atoms with Crippen LogP contribution in [-0.4, -0.2) is 36.1 Å². The Bertz CT molecular complexity index is 345. The van der Waals surface area contributed by atoms with E-state index >= 15 is 0 Å². The summed E-state index contributed by atoms with van der Waals surface area (Å²) in [5.74, 6) is 0.874. The molecule has 1 N–H and O–H groups in total. The van der Waals surface area contributed by atoms with Gasteiger partial charge in [0.2, 0.25) is 0 Å². The Kier molecular flexibility index (Phi) is 5.60. The third-order valence-electron chi connectivity index (χ3n) is 3.54. The van der Waals surface area contributed by atoms with Crippen LogP contribution in [-0.2, 0) is 6.54 Å². The largest absolute Gasteiger partial charge is 0.317 e. The van der Waals surface area contributed by atoms with Crippen LogP contribution in [0.3, 0.4) is 0 Å². The molecule has 1 fully saturated rings. The number of piperidine rings is 1. The van der Waals surface area contributed by atoms with Gasteiger partial charge in [-0.3, -0.25) is 4.90 Å². The van der Waals surface area contributed by atoms with Crippen LogP contribution in [0.2, 0.25) is 0 Å². The maximum Gasteiger partial charge on any atom is 0.107 e. The van der Waals surface area contributed by atoms with Crippen molar-refractivity contribution in [1.29, 1.82) is 0 Å². The first-order valence-corrected chi connectivity index (χ1v) is 8.00. The highest BCUT2D eigenvalue weighted by molar-refractivity contribution is 7.09. The first-order chi connectivity index (χ1) is 8.78. The average Bonchev–Trinajstić information content (AvgIpc) is 2.76. The molecule has 4 heteroatoms. The molecule has 0 spiro atoms. The molecule has 1 aliphatic heterocycles. The molecule has 1 aromatic rings. The molecular formula is C14H25N3S. The number of rotatable bonds is 6. The van der Waals surface area contributed by atoms with Gasteiger partial charge < -0.3 is 5.32 Å². The van der Waals surface area contributed by atoms with E-state index in [0.717, 1.165) is 18.2 Å². The second-order valence-corrected chi connectivity index (χ2v) is 6.25. The maximum absolute atomic E-state index is 4.59. The number of aromatic nitrogens is 1. The van der Waals surface area contributed by atoms with E-state index in [4.69, 9.17) is 0 Å². The van der Waals surface area contributed by atoms with E-state index in [2.05, 4.69) is 34.4 Å². The lowest BCUT2D eigenvalue weighted by atomic mass is 9.97. The van der Waals surface area contributed by atoms with Crippen LogP contribution in [0, 0.1) is 12.8 Å². The summed E-state index contributed by atoms with van der Waals surface area (Å²) in [4.78, 5) is 7.18. The zero-order valence-electron chi connectivity index (χ0n) is 11.6. The second kappa shape index (κ2) is 7.22. The molecule has 2 heterocycles. The molecule has 0 unspecified atom stereocenters. The van der Waals surface area contributed by atoms with Crippen molar-refractivity contribution < 1.29 is 0 Å². The zero-order valence-corrected chi connectivity index (χ0v) is 12.4. The van der Waals surface area contributed by atoms with Gasteiger partial charge in [-0.2, -0.15) is 0 Å². The third-order valence-corrected chi connectivity index (χ3v) is 4.49. The number of aryl methyl sites for hydroxylation is 1. The summed E-state index contributed by atoms with van der Waals surface area (Å²) in [7, 11) is 0. The maximum atomic E-state index is 4.59. The molecule has 1 saturated heterocycles. The van der Waals surface area contributed by atoms with Crippen LogP contribution in [0.4, 0.5) is 0 Å². The molecule has 1 aromatic heterocycles. The van der Waals surface area contributed by atoms with Gasteiger partial charge in [0.25, 0.3) is 0 Å². The summed E-state index contributed by atoms with van der Waals surface area (Å²) in [6, 6.07) is 0. The Morgan fingerprint density at radius 2 is 2.22 bits per heavy atom. The summed E-state index contributed by atoms with van der Waals surface area (Å²) in [6.07, 6.45) is 3.89. The van der Waals surface area contributed by atoms with Crippen LogP contribution in [0.25, 0.3) is 0 Å². The molecule has 0 amide bonds. The van der Waals surface area contributed by atoms with Crippen molar-refractivity contribution in [2.75, 3.05) is 26.2 Å². The highest BCUT2D eigenvalue weighted by Gasteiger charge is 2.17. The zero-order chi connectivity index (χ0) is 12.8. The number of nitrogens with one attached hydrogen (secondary N) is 1. The molecule has 2 rings (SSSR count). The normalized spacial score (nSPS) is 17.5. The Morgan fingerprint density at radius 1 is 1.44 bits per heavy atom. The van der Waals surface area contributed by atoms with Crippen molar-refractivity contribution in [3.05, 3.63) is 16.1 Å². The lowest BCUT2D eigenvalue weighted by Gasteiger charge is -2.29. The van der Waals surface area contributed by atoms with Gasteiger partial charge in [-0.15, -0.1) is 11.3 Å². The van der Waals surface area contributed by atoms with Crippen LogP contribution < -0.4 is 5.32 Å². The van der Waals surface area contributed by atoms with E-state index in [9.17, 15) is 0 Å². The van der Waals surface area contributed by atoms with Crippen molar-refractivity contribution in [2.45, 2.75) is 39.7 Å². The van der Waals surface area contributed by atoms with Gasteiger partial charge in [-0.1, -0.05) is 6.92 Å². The van der Waals surface area contributed by atoms with Crippen LogP contribution >= 0.6 is 11.3 Å². The van der Waals surface area contributed by atoms with Gasteiger partial charge in [0.15, 0.2) is 0 Å². The van der Waals surface area contributed by atoms with E-state index in [-0.39, 0.29) is 0 Å². The van der Waals surface area contributed by atoms with Gasteiger partial charge in [-0.25, -0.2) is 4.98 Å². The molecule has 0 bridgehead atoms. The van der Waals surface area contributed by atoms with E-state index in [1.54, 1.807) is 11.3 Å². The number of nitrogens with zero attached hydrogens (tertiary/aromatic N) is 2. The fourth-order valence-corrected chi connectivity index (χ4v) is 3.46. The smallest absolute Gasteiger partial charge is 0.107 e. The Balaban J connectivity index is 1.86. The lowest BCUT2D eigenvalue weighted by molar-refractivity contribution is 0.198. The Morgan fingerprint density at radius 3 is 2.83 bits per heavy atom. The van der Waals surface area contributed by atoms with Crippen molar-refractivity contribution in [3.8, 4) is 0 Å². The van der Waals surface area contributed by atoms with Gasteiger partial charge >= 0.3 is 0 Å². The van der Waals surface area contributed by atoms with Crippen LogP contribution in [0.15, 0.2) is 5.38 Å². The summed E-state index contributed by atoms with van der Waals surface area (Å²) in [5.41, 5.74) is 1.16.